The second-order valence-corrected chi connectivity index (χ2v) is 4.61. The van der Waals surface area contributed by atoms with Crippen LogP contribution in [0.4, 0.5) is 0 Å². The van der Waals surface area contributed by atoms with Gasteiger partial charge in [0.1, 0.15) is 6.10 Å². The highest BCUT2D eigenvalue weighted by Crippen LogP contribution is 2.27. The van der Waals surface area contributed by atoms with E-state index in [0.29, 0.717) is 6.54 Å². The van der Waals surface area contributed by atoms with Crippen molar-refractivity contribution in [1.29, 1.82) is 0 Å². The maximum absolute atomic E-state index is 11.7. The third kappa shape index (κ3) is 2.63. The summed E-state index contributed by atoms with van der Waals surface area (Å²) in [5.41, 5.74) is 2.05. The largest absolute Gasteiger partial charge is 0.270 e. The minimum absolute atomic E-state index is 0.109. The van der Waals surface area contributed by atoms with Gasteiger partial charge >= 0.3 is 0 Å². The zero-order valence-electron chi connectivity index (χ0n) is 11.0. The molecule has 0 saturated carbocycles. The summed E-state index contributed by atoms with van der Waals surface area (Å²) in [5.74, 6) is -0.109. The van der Waals surface area contributed by atoms with Crippen molar-refractivity contribution < 1.29 is 9.63 Å². The molecule has 0 unspecified atom stereocenters. The van der Waals surface area contributed by atoms with Crippen LogP contribution in [0.15, 0.2) is 72.8 Å². The summed E-state index contributed by atoms with van der Waals surface area (Å²) in [4.78, 5) is 17.6. The number of carbonyl (C=O) groups excluding carboxylic acids is 1. The van der Waals surface area contributed by atoms with Crippen molar-refractivity contribution in [2.24, 2.45) is 0 Å². The van der Waals surface area contributed by atoms with E-state index in [2.05, 4.69) is 0 Å². The zero-order valence-corrected chi connectivity index (χ0v) is 11.0. The Labute approximate surface area is 118 Å². The average Bonchev–Trinajstić information content (AvgIpc) is 2.92. The Bertz CT molecular complexity index is 568. The van der Waals surface area contributed by atoms with E-state index in [4.69, 9.17) is 4.84 Å². The normalized spacial score (nSPS) is 14.2. The SMILES string of the molecule is O=C1C=CCN1OC(c1ccccc1)c1ccccc1. The minimum Gasteiger partial charge on any atom is -0.267 e. The van der Waals surface area contributed by atoms with Gasteiger partial charge in [0.25, 0.3) is 5.91 Å². The number of hydroxylamine groups is 2. The van der Waals surface area contributed by atoms with Crippen LogP contribution in [0.2, 0.25) is 0 Å². The fourth-order valence-corrected chi connectivity index (χ4v) is 2.21. The van der Waals surface area contributed by atoms with Crippen molar-refractivity contribution in [1.82, 2.24) is 5.06 Å². The lowest BCUT2D eigenvalue weighted by Gasteiger charge is -2.24. The summed E-state index contributed by atoms with van der Waals surface area (Å²) < 4.78 is 0. The Balaban J connectivity index is 1.90. The maximum Gasteiger partial charge on any atom is 0.270 e. The summed E-state index contributed by atoms with van der Waals surface area (Å²) >= 11 is 0. The number of hydrogen-bond acceptors (Lipinski definition) is 2. The van der Waals surface area contributed by atoms with Crippen molar-refractivity contribution in [3.63, 3.8) is 0 Å². The summed E-state index contributed by atoms with van der Waals surface area (Å²) in [6.07, 6.45) is 3.06. The van der Waals surface area contributed by atoms with Crippen LogP contribution in [0.1, 0.15) is 17.2 Å². The molecule has 2 aromatic carbocycles. The van der Waals surface area contributed by atoms with Gasteiger partial charge in [0.2, 0.25) is 0 Å². The first-order valence-electron chi connectivity index (χ1n) is 6.59. The molecular weight excluding hydrogens is 250 g/mol. The van der Waals surface area contributed by atoms with Crippen LogP contribution in [0.5, 0.6) is 0 Å². The number of nitrogens with zero attached hydrogens (tertiary/aromatic N) is 1. The molecule has 0 aromatic heterocycles. The summed E-state index contributed by atoms with van der Waals surface area (Å²) in [5, 5.41) is 1.39. The summed E-state index contributed by atoms with van der Waals surface area (Å²) in [7, 11) is 0. The van der Waals surface area contributed by atoms with Crippen LogP contribution in [0, 0.1) is 0 Å². The Kier molecular flexibility index (Phi) is 3.61. The van der Waals surface area contributed by atoms with Gasteiger partial charge in [-0.15, -0.1) is 0 Å². The van der Waals surface area contributed by atoms with Crippen molar-refractivity contribution in [2.75, 3.05) is 6.54 Å². The fourth-order valence-electron chi connectivity index (χ4n) is 2.21. The molecule has 2 aromatic rings. The lowest BCUT2D eigenvalue weighted by Crippen LogP contribution is -2.28. The van der Waals surface area contributed by atoms with Crippen LogP contribution in [-0.4, -0.2) is 17.5 Å². The molecule has 1 heterocycles. The summed E-state index contributed by atoms with van der Waals surface area (Å²) in [6, 6.07) is 19.8. The lowest BCUT2D eigenvalue weighted by molar-refractivity contribution is -0.189. The van der Waals surface area contributed by atoms with Gasteiger partial charge in [0.05, 0.1) is 6.54 Å². The van der Waals surface area contributed by atoms with Gasteiger partial charge in [-0.2, -0.15) is 0 Å². The predicted molar refractivity (Wildman–Crippen MR) is 76.7 cm³/mol. The second-order valence-electron chi connectivity index (χ2n) is 4.61. The second kappa shape index (κ2) is 5.72. The van der Waals surface area contributed by atoms with E-state index in [0.717, 1.165) is 11.1 Å². The quantitative estimate of drug-likeness (QED) is 0.850. The van der Waals surface area contributed by atoms with Gasteiger partial charge in [0, 0.05) is 6.08 Å². The van der Waals surface area contributed by atoms with Crippen LogP contribution in [0.25, 0.3) is 0 Å². The molecule has 3 nitrogen and oxygen atoms in total. The molecule has 0 atom stereocenters. The first kappa shape index (κ1) is 12.6. The molecule has 1 aliphatic heterocycles. The molecule has 0 saturated heterocycles. The first-order chi connectivity index (χ1) is 9.84. The van der Waals surface area contributed by atoms with E-state index in [9.17, 15) is 4.79 Å². The Morgan fingerprint density at radius 2 is 1.45 bits per heavy atom. The van der Waals surface area contributed by atoms with Gasteiger partial charge in [0.15, 0.2) is 0 Å². The first-order valence-corrected chi connectivity index (χ1v) is 6.59. The van der Waals surface area contributed by atoms with Crippen molar-refractivity contribution in [3.8, 4) is 0 Å². The average molecular weight is 265 g/mol. The number of hydrogen-bond donors (Lipinski definition) is 0. The molecule has 0 spiro atoms. The third-order valence-electron chi connectivity index (χ3n) is 3.21. The Morgan fingerprint density at radius 1 is 0.900 bits per heavy atom. The number of amides is 1. The molecule has 0 bridgehead atoms. The molecule has 3 heteroatoms. The van der Waals surface area contributed by atoms with Gasteiger partial charge in [-0.3, -0.25) is 9.63 Å². The van der Waals surface area contributed by atoms with Crippen LogP contribution >= 0.6 is 0 Å². The molecule has 100 valence electrons. The Hall–Kier alpha value is -2.39. The monoisotopic (exact) mass is 265 g/mol. The molecule has 0 radical (unpaired) electrons. The van der Waals surface area contributed by atoms with Gasteiger partial charge in [-0.05, 0) is 11.1 Å². The van der Waals surface area contributed by atoms with Crippen LogP contribution in [0.3, 0.4) is 0 Å². The number of carbonyl (C=O) groups is 1. The maximum atomic E-state index is 11.7. The zero-order chi connectivity index (χ0) is 13.8. The molecule has 1 aliphatic rings. The van der Waals surface area contributed by atoms with Crippen molar-refractivity contribution in [3.05, 3.63) is 83.9 Å². The van der Waals surface area contributed by atoms with Gasteiger partial charge in [-0.1, -0.05) is 66.7 Å². The van der Waals surface area contributed by atoms with E-state index in [-0.39, 0.29) is 12.0 Å². The van der Waals surface area contributed by atoms with Crippen LogP contribution < -0.4 is 0 Å². The summed E-state index contributed by atoms with van der Waals surface area (Å²) in [6.45, 7) is 0.495. The highest BCUT2D eigenvalue weighted by molar-refractivity contribution is 5.89. The number of rotatable bonds is 4. The van der Waals surface area contributed by atoms with Gasteiger partial charge < -0.3 is 0 Å². The Morgan fingerprint density at radius 3 is 1.90 bits per heavy atom. The molecule has 0 aliphatic carbocycles. The topological polar surface area (TPSA) is 29.5 Å². The fraction of sp³-hybridized carbons (Fsp3) is 0.118. The smallest absolute Gasteiger partial charge is 0.267 e. The molecule has 0 fully saturated rings. The van der Waals surface area contributed by atoms with E-state index in [1.165, 1.54) is 11.1 Å². The molecule has 20 heavy (non-hydrogen) atoms. The minimum atomic E-state index is -0.277. The predicted octanol–water partition coefficient (Wildman–Crippen LogP) is 3.11. The third-order valence-corrected chi connectivity index (χ3v) is 3.21. The van der Waals surface area contributed by atoms with E-state index >= 15 is 0 Å². The van der Waals surface area contributed by atoms with Crippen molar-refractivity contribution >= 4 is 5.91 Å². The van der Waals surface area contributed by atoms with E-state index in [1.807, 2.05) is 60.7 Å². The number of benzene rings is 2. The molecule has 0 N–H and O–H groups in total. The standard InChI is InChI=1S/C17H15NO2/c19-16-12-7-13-18(16)20-17(14-8-3-1-4-9-14)15-10-5-2-6-11-15/h1-12,17H,13H2. The van der Waals surface area contributed by atoms with Crippen molar-refractivity contribution in [2.45, 2.75) is 6.10 Å². The molecular formula is C17H15NO2. The van der Waals surface area contributed by atoms with E-state index < -0.39 is 0 Å². The highest BCUT2D eigenvalue weighted by atomic mass is 16.7. The van der Waals surface area contributed by atoms with Crippen LogP contribution in [-0.2, 0) is 9.63 Å². The molecule has 3 rings (SSSR count). The van der Waals surface area contributed by atoms with E-state index in [1.54, 1.807) is 6.08 Å². The van der Waals surface area contributed by atoms with Gasteiger partial charge in [-0.25, -0.2) is 5.06 Å². The molecule has 1 amide bonds. The lowest BCUT2D eigenvalue weighted by atomic mass is 10.0. The highest BCUT2D eigenvalue weighted by Gasteiger charge is 2.23.